The van der Waals surface area contributed by atoms with Crippen molar-refractivity contribution in [3.63, 3.8) is 0 Å². The van der Waals surface area contributed by atoms with E-state index in [0.717, 1.165) is 19.3 Å². The molecule has 4 nitrogen and oxygen atoms in total. The summed E-state index contributed by atoms with van der Waals surface area (Å²) in [5, 5.41) is 15.3. The second-order valence-corrected chi connectivity index (χ2v) is 5.31. The van der Waals surface area contributed by atoms with Crippen LogP contribution in [0.5, 0.6) is 0 Å². The van der Waals surface area contributed by atoms with E-state index in [9.17, 15) is 4.79 Å². The van der Waals surface area contributed by atoms with Crippen LogP contribution in [0.2, 0.25) is 10.0 Å². The van der Waals surface area contributed by atoms with Crippen molar-refractivity contribution in [2.75, 3.05) is 5.32 Å². The Hall–Kier alpha value is -1.44. The fraction of sp³-hybridized carbons (Fsp3) is 0.385. The fourth-order valence-corrected chi connectivity index (χ4v) is 2.49. The fourth-order valence-electron chi connectivity index (χ4n) is 2.20. The monoisotopic (exact) mass is 297 g/mol. The van der Waals surface area contributed by atoms with E-state index in [1.807, 2.05) is 0 Å². The Balaban J connectivity index is 1.94. The van der Waals surface area contributed by atoms with Crippen LogP contribution in [-0.2, 0) is 0 Å². The number of carbonyl (C=O) groups excluding carboxylic acids is 1. The van der Waals surface area contributed by atoms with Crippen LogP contribution in [0.25, 0.3) is 0 Å². The predicted octanol–water partition coefficient (Wildman–Crippen LogP) is 3.81. The van der Waals surface area contributed by atoms with Crippen molar-refractivity contribution in [3.8, 4) is 6.07 Å². The van der Waals surface area contributed by atoms with E-state index in [-0.39, 0.29) is 18.0 Å². The minimum Gasteiger partial charge on any atom is -0.334 e. The Morgan fingerprint density at radius 3 is 2.79 bits per heavy atom. The largest absolute Gasteiger partial charge is 0.334 e. The molecule has 0 bridgehead atoms. The number of nitrogens with zero attached hydrogens (tertiary/aromatic N) is 1. The van der Waals surface area contributed by atoms with Crippen LogP contribution in [0.3, 0.4) is 0 Å². The minimum absolute atomic E-state index is 0.0761. The molecule has 1 fully saturated rings. The van der Waals surface area contributed by atoms with Gasteiger partial charge in [0.1, 0.15) is 0 Å². The zero-order chi connectivity index (χ0) is 13.8. The molecule has 2 rings (SSSR count). The molecule has 6 heteroatoms. The van der Waals surface area contributed by atoms with Gasteiger partial charge in [0.15, 0.2) is 0 Å². The van der Waals surface area contributed by atoms with Crippen LogP contribution in [-0.4, -0.2) is 12.1 Å². The van der Waals surface area contributed by atoms with Crippen LogP contribution >= 0.6 is 23.2 Å². The van der Waals surface area contributed by atoms with E-state index in [2.05, 4.69) is 16.7 Å². The lowest BCUT2D eigenvalue weighted by Gasteiger charge is -2.16. The van der Waals surface area contributed by atoms with Crippen molar-refractivity contribution >= 4 is 34.9 Å². The average Bonchev–Trinajstić information content (AvgIpc) is 2.81. The number of amides is 2. The standard InChI is InChI=1S/C13H13Cl2N3O/c14-10-5-4-9(6-11(10)15)17-13(19)18-12-3-1-2-8(12)7-16/h4-6,8,12H,1-3H2,(H2,17,18,19). The van der Waals surface area contributed by atoms with Gasteiger partial charge >= 0.3 is 6.03 Å². The summed E-state index contributed by atoms with van der Waals surface area (Å²) in [4.78, 5) is 11.8. The summed E-state index contributed by atoms with van der Waals surface area (Å²) < 4.78 is 0. The number of nitriles is 1. The quantitative estimate of drug-likeness (QED) is 0.872. The van der Waals surface area contributed by atoms with Gasteiger partial charge in [0.05, 0.1) is 22.0 Å². The highest BCUT2D eigenvalue weighted by Crippen LogP contribution is 2.26. The molecule has 2 N–H and O–H groups in total. The summed E-state index contributed by atoms with van der Waals surface area (Å²) in [5.74, 6) is -0.0976. The molecule has 2 unspecified atom stereocenters. The first-order valence-electron chi connectivity index (χ1n) is 6.02. The van der Waals surface area contributed by atoms with Gasteiger partial charge in [-0.2, -0.15) is 5.26 Å². The molecule has 1 aliphatic carbocycles. The van der Waals surface area contributed by atoms with Gasteiger partial charge in [-0.1, -0.05) is 23.2 Å². The highest BCUT2D eigenvalue weighted by Gasteiger charge is 2.28. The lowest BCUT2D eigenvalue weighted by atomic mass is 10.1. The summed E-state index contributed by atoms with van der Waals surface area (Å²) in [5.41, 5.74) is 0.568. The van der Waals surface area contributed by atoms with E-state index >= 15 is 0 Å². The zero-order valence-corrected chi connectivity index (χ0v) is 11.6. The zero-order valence-electron chi connectivity index (χ0n) is 10.1. The van der Waals surface area contributed by atoms with E-state index in [1.165, 1.54) is 0 Å². The summed E-state index contributed by atoms with van der Waals surface area (Å²) in [6, 6.07) is 6.69. The molecule has 1 aliphatic rings. The number of anilines is 1. The van der Waals surface area contributed by atoms with Crippen LogP contribution in [0.4, 0.5) is 10.5 Å². The van der Waals surface area contributed by atoms with Crippen LogP contribution in [0.15, 0.2) is 18.2 Å². The topological polar surface area (TPSA) is 64.9 Å². The number of hydrogen-bond acceptors (Lipinski definition) is 2. The molecule has 19 heavy (non-hydrogen) atoms. The number of benzene rings is 1. The number of nitrogens with one attached hydrogen (secondary N) is 2. The number of urea groups is 1. The van der Waals surface area contributed by atoms with Gasteiger partial charge in [-0.05, 0) is 37.5 Å². The third-order valence-corrected chi connectivity index (χ3v) is 3.91. The lowest BCUT2D eigenvalue weighted by Crippen LogP contribution is -2.39. The molecule has 0 saturated heterocycles. The Morgan fingerprint density at radius 2 is 2.11 bits per heavy atom. The summed E-state index contributed by atoms with van der Waals surface area (Å²) in [6.45, 7) is 0. The highest BCUT2D eigenvalue weighted by atomic mass is 35.5. The molecular formula is C13H13Cl2N3O. The van der Waals surface area contributed by atoms with Gasteiger partial charge in [-0.15, -0.1) is 0 Å². The molecule has 1 saturated carbocycles. The summed E-state index contributed by atoms with van der Waals surface area (Å²) >= 11 is 11.7. The number of rotatable bonds is 2. The molecule has 100 valence electrons. The van der Waals surface area contributed by atoms with E-state index in [0.29, 0.717) is 15.7 Å². The third-order valence-electron chi connectivity index (χ3n) is 3.18. The van der Waals surface area contributed by atoms with Crippen molar-refractivity contribution < 1.29 is 4.79 Å². The molecule has 0 aliphatic heterocycles. The Morgan fingerprint density at radius 1 is 1.32 bits per heavy atom. The first-order valence-corrected chi connectivity index (χ1v) is 6.78. The minimum atomic E-state index is -0.328. The SMILES string of the molecule is N#CC1CCCC1NC(=O)Nc1ccc(Cl)c(Cl)c1. The molecular weight excluding hydrogens is 285 g/mol. The van der Waals surface area contributed by atoms with Crippen molar-refractivity contribution in [1.29, 1.82) is 5.26 Å². The number of carbonyl (C=O) groups is 1. The Labute approximate surface area is 121 Å². The highest BCUT2D eigenvalue weighted by molar-refractivity contribution is 6.42. The van der Waals surface area contributed by atoms with Crippen molar-refractivity contribution in [1.82, 2.24) is 5.32 Å². The molecule has 0 aromatic heterocycles. The molecule has 0 radical (unpaired) electrons. The van der Waals surface area contributed by atoms with Crippen molar-refractivity contribution in [2.24, 2.45) is 5.92 Å². The molecule has 1 aromatic carbocycles. The predicted molar refractivity (Wildman–Crippen MR) is 75.4 cm³/mol. The average molecular weight is 298 g/mol. The molecule has 0 spiro atoms. The second-order valence-electron chi connectivity index (χ2n) is 4.50. The van der Waals surface area contributed by atoms with Crippen molar-refractivity contribution in [3.05, 3.63) is 28.2 Å². The maximum Gasteiger partial charge on any atom is 0.319 e. The first kappa shape index (κ1) is 14.0. The second kappa shape index (κ2) is 6.14. The van der Waals surface area contributed by atoms with Gasteiger partial charge in [-0.3, -0.25) is 0 Å². The van der Waals surface area contributed by atoms with E-state index in [1.54, 1.807) is 18.2 Å². The number of halogens is 2. The third kappa shape index (κ3) is 3.52. The number of hydrogen-bond donors (Lipinski definition) is 2. The van der Waals surface area contributed by atoms with E-state index < -0.39 is 0 Å². The van der Waals surface area contributed by atoms with Gasteiger partial charge in [0.25, 0.3) is 0 Å². The summed E-state index contributed by atoms with van der Waals surface area (Å²) in [7, 11) is 0. The molecule has 2 amide bonds. The maximum atomic E-state index is 11.8. The molecule has 0 heterocycles. The van der Waals surface area contributed by atoms with E-state index in [4.69, 9.17) is 28.5 Å². The van der Waals surface area contributed by atoms with Gasteiger partial charge in [-0.25, -0.2) is 4.79 Å². The summed E-state index contributed by atoms with van der Waals surface area (Å²) in [6.07, 6.45) is 2.65. The van der Waals surface area contributed by atoms with Crippen LogP contribution in [0, 0.1) is 17.2 Å². The van der Waals surface area contributed by atoms with Gasteiger partial charge in [0, 0.05) is 11.7 Å². The van der Waals surface area contributed by atoms with Crippen molar-refractivity contribution in [2.45, 2.75) is 25.3 Å². The maximum absolute atomic E-state index is 11.8. The van der Waals surface area contributed by atoms with Gasteiger partial charge < -0.3 is 10.6 Å². The smallest absolute Gasteiger partial charge is 0.319 e. The molecule has 1 aromatic rings. The van der Waals surface area contributed by atoms with Gasteiger partial charge in [0.2, 0.25) is 0 Å². The lowest BCUT2D eigenvalue weighted by molar-refractivity contribution is 0.247. The van der Waals surface area contributed by atoms with Crippen LogP contribution < -0.4 is 10.6 Å². The molecule has 2 atom stereocenters. The Bertz CT molecular complexity index is 527. The normalized spacial score (nSPS) is 21.7. The first-order chi connectivity index (χ1) is 9.10. The Kier molecular flexibility index (Phi) is 4.52. The van der Waals surface area contributed by atoms with Crippen LogP contribution in [0.1, 0.15) is 19.3 Å².